The molecule has 0 unspecified atom stereocenters. The van der Waals surface area contributed by atoms with Gasteiger partial charge >= 0.3 is 0 Å². The first kappa shape index (κ1) is 18.7. The molecule has 1 amide bonds. The second-order valence-corrected chi connectivity index (χ2v) is 7.27. The van der Waals surface area contributed by atoms with Crippen molar-refractivity contribution < 1.29 is 13.6 Å². The Balaban J connectivity index is 1.52. The van der Waals surface area contributed by atoms with Crippen molar-refractivity contribution in [1.29, 1.82) is 0 Å². The van der Waals surface area contributed by atoms with E-state index in [0.29, 0.717) is 12.1 Å². The Hall–Kier alpha value is -2.06. The lowest BCUT2D eigenvalue weighted by molar-refractivity contribution is 0.0909. The summed E-state index contributed by atoms with van der Waals surface area (Å²) in [5, 5.41) is 6.87. The molecule has 1 saturated heterocycles. The van der Waals surface area contributed by atoms with E-state index < -0.39 is 11.6 Å². The van der Waals surface area contributed by atoms with E-state index in [0.717, 1.165) is 48.3 Å². The molecule has 26 heavy (non-hydrogen) atoms. The Morgan fingerprint density at radius 2 is 2.04 bits per heavy atom. The number of hydrogen-bond acceptors (Lipinski definition) is 5. The van der Waals surface area contributed by atoms with E-state index in [2.05, 4.69) is 19.9 Å². The number of likely N-dealkylation sites (tertiary alicyclic amines) is 1. The summed E-state index contributed by atoms with van der Waals surface area (Å²) >= 11 is 1.28. The van der Waals surface area contributed by atoms with E-state index >= 15 is 0 Å². The van der Waals surface area contributed by atoms with E-state index in [1.54, 1.807) is 13.1 Å². The maximum atomic E-state index is 13.3. The highest BCUT2D eigenvalue weighted by Crippen LogP contribution is 2.24. The van der Waals surface area contributed by atoms with Crippen LogP contribution in [0, 0.1) is 18.6 Å². The van der Waals surface area contributed by atoms with Crippen molar-refractivity contribution in [1.82, 2.24) is 14.6 Å². The topological polar surface area (TPSA) is 57.3 Å². The minimum atomic E-state index is -0.825. The van der Waals surface area contributed by atoms with Gasteiger partial charge in [-0.05, 0) is 49.0 Å². The van der Waals surface area contributed by atoms with Crippen LogP contribution in [-0.2, 0) is 6.54 Å². The van der Waals surface area contributed by atoms with Crippen molar-refractivity contribution in [2.75, 3.05) is 25.5 Å². The molecule has 2 aromatic rings. The molecule has 5 nitrogen and oxygen atoms in total. The average Bonchev–Trinajstić information content (AvgIpc) is 3.00. The van der Waals surface area contributed by atoms with Crippen molar-refractivity contribution in [3.8, 4) is 0 Å². The third-order valence-electron chi connectivity index (χ3n) is 4.63. The molecule has 1 aromatic carbocycles. The molecule has 1 aliphatic heterocycles. The molecule has 8 heteroatoms. The van der Waals surface area contributed by atoms with Crippen LogP contribution in [-0.4, -0.2) is 41.4 Å². The maximum Gasteiger partial charge on any atom is 0.256 e. The Labute approximate surface area is 155 Å². The van der Waals surface area contributed by atoms with Crippen molar-refractivity contribution in [2.45, 2.75) is 32.4 Å². The molecule has 0 spiro atoms. The highest BCUT2D eigenvalue weighted by Gasteiger charge is 2.24. The van der Waals surface area contributed by atoms with Gasteiger partial charge in [-0.2, -0.15) is 4.37 Å². The van der Waals surface area contributed by atoms with Crippen molar-refractivity contribution >= 4 is 22.4 Å². The van der Waals surface area contributed by atoms with Crippen molar-refractivity contribution in [3.63, 3.8) is 0 Å². The second kappa shape index (κ2) is 8.09. The van der Waals surface area contributed by atoms with E-state index in [-0.39, 0.29) is 11.9 Å². The number of carbonyl (C=O) groups excluding carboxylic acids is 1. The van der Waals surface area contributed by atoms with E-state index in [1.165, 1.54) is 17.6 Å². The first-order valence-corrected chi connectivity index (χ1v) is 9.36. The zero-order chi connectivity index (χ0) is 18.7. The number of aromatic nitrogens is 1. The molecular formula is C18H22F2N4OS. The van der Waals surface area contributed by atoms with Crippen LogP contribution in [0.5, 0.6) is 0 Å². The number of rotatable bonds is 5. The molecule has 1 aliphatic rings. The molecule has 1 aromatic heterocycles. The number of amides is 1. The summed E-state index contributed by atoms with van der Waals surface area (Å²) in [6.07, 6.45) is 1.64. The quantitative estimate of drug-likeness (QED) is 0.837. The number of halogens is 2. The van der Waals surface area contributed by atoms with Gasteiger partial charge in [0.1, 0.15) is 5.00 Å². The lowest BCUT2D eigenvalue weighted by Gasteiger charge is -2.32. The van der Waals surface area contributed by atoms with Gasteiger partial charge in [0.15, 0.2) is 11.6 Å². The molecule has 0 radical (unpaired) electrons. The Bertz CT molecular complexity index is 787. The highest BCUT2D eigenvalue weighted by atomic mass is 32.1. The average molecular weight is 380 g/mol. The predicted molar refractivity (Wildman–Crippen MR) is 98.5 cm³/mol. The number of hydrogen-bond donors (Lipinski definition) is 2. The summed E-state index contributed by atoms with van der Waals surface area (Å²) in [7, 11) is 1.78. The number of carbonyl (C=O) groups is 1. The number of piperidine rings is 1. The molecular weight excluding hydrogens is 358 g/mol. The maximum absolute atomic E-state index is 13.3. The monoisotopic (exact) mass is 380 g/mol. The van der Waals surface area contributed by atoms with Gasteiger partial charge in [0.2, 0.25) is 0 Å². The molecule has 1 fully saturated rings. The molecule has 140 valence electrons. The molecule has 0 bridgehead atoms. The van der Waals surface area contributed by atoms with Crippen molar-refractivity contribution in [3.05, 3.63) is 46.7 Å². The fourth-order valence-corrected chi connectivity index (χ4v) is 3.94. The largest absolute Gasteiger partial charge is 0.378 e. The van der Waals surface area contributed by atoms with E-state index in [1.807, 2.05) is 6.92 Å². The standard InChI is InChI=1S/C18H22F2N4OS/c1-11-16(18(21-2)26-23-11)17(25)22-13-5-7-24(8-6-13)10-12-3-4-14(19)15(20)9-12/h3-4,9,13,21H,5-8,10H2,1-2H3,(H,22,25). The lowest BCUT2D eigenvalue weighted by Crippen LogP contribution is -2.44. The molecule has 2 heterocycles. The van der Waals surface area contributed by atoms with Crippen molar-refractivity contribution in [2.24, 2.45) is 0 Å². The van der Waals surface area contributed by atoms with Crippen LogP contribution in [0.2, 0.25) is 0 Å². The molecule has 3 rings (SSSR count). The van der Waals surface area contributed by atoms with E-state index in [9.17, 15) is 13.6 Å². The highest BCUT2D eigenvalue weighted by molar-refractivity contribution is 7.10. The van der Waals surface area contributed by atoms with Crippen LogP contribution in [0.25, 0.3) is 0 Å². The zero-order valence-corrected chi connectivity index (χ0v) is 15.6. The summed E-state index contributed by atoms with van der Waals surface area (Å²) in [6.45, 7) is 4.00. The van der Waals surface area contributed by atoms with Crippen LogP contribution in [0.15, 0.2) is 18.2 Å². The Kier molecular flexibility index (Phi) is 5.83. The molecule has 0 aliphatic carbocycles. The Morgan fingerprint density at radius 3 is 2.69 bits per heavy atom. The summed E-state index contributed by atoms with van der Waals surface area (Å²) in [5.74, 6) is -1.74. The zero-order valence-electron chi connectivity index (χ0n) is 14.8. The van der Waals surface area contributed by atoms with Gasteiger partial charge in [-0.15, -0.1) is 0 Å². The normalized spacial score (nSPS) is 15.8. The summed E-state index contributed by atoms with van der Waals surface area (Å²) in [4.78, 5) is 14.7. The van der Waals surface area contributed by atoms with Gasteiger partial charge < -0.3 is 10.6 Å². The lowest BCUT2D eigenvalue weighted by atomic mass is 10.0. The third-order valence-corrected chi connectivity index (χ3v) is 5.59. The van der Waals surface area contributed by atoms with E-state index in [4.69, 9.17) is 0 Å². The minimum absolute atomic E-state index is 0.0975. The smallest absolute Gasteiger partial charge is 0.256 e. The minimum Gasteiger partial charge on any atom is -0.378 e. The van der Waals surface area contributed by atoms with Crippen LogP contribution in [0.4, 0.5) is 13.8 Å². The number of anilines is 1. The summed E-state index contributed by atoms with van der Waals surface area (Å²) in [5.41, 5.74) is 2.10. The van der Waals surface area contributed by atoms with Crippen LogP contribution < -0.4 is 10.6 Å². The first-order chi connectivity index (χ1) is 12.5. The molecule has 0 atom stereocenters. The second-order valence-electron chi connectivity index (χ2n) is 6.49. The number of benzene rings is 1. The fraction of sp³-hybridized carbons (Fsp3) is 0.444. The first-order valence-electron chi connectivity index (χ1n) is 8.59. The van der Waals surface area contributed by atoms with Gasteiger partial charge in [0.05, 0.1) is 11.3 Å². The van der Waals surface area contributed by atoms with Gasteiger partial charge in [0.25, 0.3) is 5.91 Å². The number of nitrogens with zero attached hydrogens (tertiary/aromatic N) is 2. The molecule has 2 N–H and O–H groups in total. The summed E-state index contributed by atoms with van der Waals surface area (Å²) < 4.78 is 30.6. The number of aryl methyl sites for hydroxylation is 1. The molecule has 0 saturated carbocycles. The summed E-state index contributed by atoms with van der Waals surface area (Å²) in [6, 6.07) is 4.12. The predicted octanol–water partition coefficient (Wildman–Crippen LogP) is 3.17. The number of nitrogens with one attached hydrogen (secondary N) is 2. The third kappa shape index (κ3) is 4.19. The fourth-order valence-electron chi connectivity index (χ4n) is 3.20. The van der Waals surface area contributed by atoms with Crippen LogP contribution in [0.3, 0.4) is 0 Å². The Morgan fingerprint density at radius 1 is 1.31 bits per heavy atom. The van der Waals surface area contributed by atoms with Gasteiger partial charge in [-0.3, -0.25) is 9.69 Å². The van der Waals surface area contributed by atoms with Gasteiger partial charge in [-0.25, -0.2) is 8.78 Å². The van der Waals surface area contributed by atoms with Gasteiger partial charge in [-0.1, -0.05) is 6.07 Å². The van der Waals surface area contributed by atoms with Crippen LogP contribution >= 0.6 is 11.5 Å². The van der Waals surface area contributed by atoms with Gasteiger partial charge in [0, 0.05) is 32.7 Å². The van der Waals surface area contributed by atoms with Crippen LogP contribution in [0.1, 0.15) is 34.5 Å². The SMILES string of the molecule is CNc1snc(C)c1C(=O)NC1CCN(Cc2ccc(F)c(F)c2)CC1.